The topological polar surface area (TPSA) is 37.8 Å². The average Bonchev–Trinajstić information content (AvgIpc) is 2.73. The van der Waals surface area contributed by atoms with E-state index in [1.165, 1.54) is 62.6 Å². The quantitative estimate of drug-likeness (QED) is 0.835. The van der Waals surface area contributed by atoms with Crippen LogP contribution in [0.15, 0.2) is 6.33 Å². The zero-order valence-electron chi connectivity index (χ0n) is 13.4. The van der Waals surface area contributed by atoms with Crippen molar-refractivity contribution in [1.82, 2.24) is 9.97 Å². The molecule has 1 aromatic rings. The SMILES string of the molecule is CC1CCCC(CCNc2ncnc3c2CCCCC3)C1. The third-order valence-corrected chi connectivity index (χ3v) is 5.26. The molecule has 21 heavy (non-hydrogen) atoms. The van der Waals surface area contributed by atoms with Crippen LogP contribution < -0.4 is 5.32 Å². The second-order valence-electron chi connectivity index (χ2n) is 7.06. The van der Waals surface area contributed by atoms with Gasteiger partial charge in [0.1, 0.15) is 12.1 Å². The second kappa shape index (κ2) is 7.24. The number of hydrogen-bond acceptors (Lipinski definition) is 3. The summed E-state index contributed by atoms with van der Waals surface area (Å²) in [4.78, 5) is 9.01. The van der Waals surface area contributed by atoms with Crippen LogP contribution in [-0.2, 0) is 12.8 Å². The van der Waals surface area contributed by atoms with Crippen LogP contribution >= 0.6 is 0 Å². The van der Waals surface area contributed by atoms with Crippen LogP contribution in [0.25, 0.3) is 0 Å². The fourth-order valence-electron chi connectivity index (χ4n) is 4.07. The molecule has 116 valence electrons. The molecule has 1 heterocycles. The highest BCUT2D eigenvalue weighted by atomic mass is 15.0. The summed E-state index contributed by atoms with van der Waals surface area (Å²) in [6.45, 7) is 3.48. The molecule has 0 spiro atoms. The third kappa shape index (κ3) is 3.96. The van der Waals surface area contributed by atoms with Gasteiger partial charge in [-0.25, -0.2) is 9.97 Å². The van der Waals surface area contributed by atoms with E-state index in [0.717, 1.165) is 37.0 Å². The van der Waals surface area contributed by atoms with Gasteiger partial charge in [-0.1, -0.05) is 32.6 Å². The van der Waals surface area contributed by atoms with Crippen LogP contribution in [0, 0.1) is 11.8 Å². The first-order valence-corrected chi connectivity index (χ1v) is 8.89. The summed E-state index contributed by atoms with van der Waals surface area (Å²) in [5.41, 5.74) is 2.68. The fourth-order valence-corrected chi connectivity index (χ4v) is 4.07. The number of nitrogens with zero attached hydrogens (tertiary/aromatic N) is 2. The molecule has 3 nitrogen and oxygen atoms in total. The lowest BCUT2D eigenvalue weighted by Crippen LogP contribution is -2.17. The Kier molecular flexibility index (Phi) is 5.10. The molecule has 2 aliphatic rings. The molecule has 0 saturated heterocycles. The van der Waals surface area contributed by atoms with E-state index in [1.54, 1.807) is 6.33 Å². The number of nitrogens with one attached hydrogen (secondary N) is 1. The van der Waals surface area contributed by atoms with E-state index in [1.807, 2.05) is 0 Å². The van der Waals surface area contributed by atoms with Gasteiger partial charge in [-0.3, -0.25) is 0 Å². The summed E-state index contributed by atoms with van der Waals surface area (Å²) >= 11 is 0. The first-order valence-electron chi connectivity index (χ1n) is 8.89. The molecule has 0 amide bonds. The minimum absolute atomic E-state index is 0.918. The Hall–Kier alpha value is -1.12. The summed E-state index contributed by atoms with van der Waals surface area (Å²) in [6, 6.07) is 0. The minimum atomic E-state index is 0.918. The molecular weight excluding hydrogens is 258 g/mol. The van der Waals surface area contributed by atoms with Crippen molar-refractivity contribution in [2.75, 3.05) is 11.9 Å². The van der Waals surface area contributed by atoms with E-state index in [-0.39, 0.29) is 0 Å². The maximum atomic E-state index is 4.51. The Labute approximate surface area is 129 Å². The van der Waals surface area contributed by atoms with E-state index in [9.17, 15) is 0 Å². The van der Waals surface area contributed by atoms with Crippen LogP contribution in [0.5, 0.6) is 0 Å². The van der Waals surface area contributed by atoms with E-state index in [4.69, 9.17) is 0 Å². The molecule has 0 radical (unpaired) electrons. The molecule has 0 bridgehead atoms. The Bertz CT molecular complexity index is 458. The molecule has 2 unspecified atom stereocenters. The summed E-state index contributed by atoms with van der Waals surface area (Å²) < 4.78 is 0. The van der Waals surface area contributed by atoms with E-state index >= 15 is 0 Å². The monoisotopic (exact) mass is 287 g/mol. The predicted molar refractivity (Wildman–Crippen MR) is 87.5 cm³/mol. The summed E-state index contributed by atoms with van der Waals surface area (Å²) in [6.07, 6.45) is 14.9. The molecule has 1 N–H and O–H groups in total. The van der Waals surface area contributed by atoms with Gasteiger partial charge in [-0.05, 0) is 50.4 Å². The molecular formula is C18H29N3. The van der Waals surface area contributed by atoms with Crippen molar-refractivity contribution in [1.29, 1.82) is 0 Å². The molecule has 1 saturated carbocycles. The number of rotatable bonds is 4. The van der Waals surface area contributed by atoms with Gasteiger partial charge < -0.3 is 5.32 Å². The Balaban J connectivity index is 1.55. The summed E-state index contributed by atoms with van der Waals surface area (Å²) in [7, 11) is 0. The van der Waals surface area contributed by atoms with Gasteiger partial charge in [-0.2, -0.15) is 0 Å². The maximum absolute atomic E-state index is 4.51. The van der Waals surface area contributed by atoms with Crippen molar-refractivity contribution in [3.05, 3.63) is 17.6 Å². The normalized spacial score (nSPS) is 26.0. The molecule has 1 fully saturated rings. The lowest BCUT2D eigenvalue weighted by Gasteiger charge is -2.26. The Morgan fingerprint density at radius 2 is 2.00 bits per heavy atom. The van der Waals surface area contributed by atoms with E-state index in [0.29, 0.717) is 0 Å². The van der Waals surface area contributed by atoms with Crippen LogP contribution in [0.2, 0.25) is 0 Å². The van der Waals surface area contributed by atoms with Gasteiger partial charge in [0.15, 0.2) is 0 Å². The van der Waals surface area contributed by atoms with Gasteiger partial charge in [0.05, 0.1) is 0 Å². The number of aryl methyl sites for hydroxylation is 1. The molecule has 3 heteroatoms. The summed E-state index contributed by atoms with van der Waals surface area (Å²) in [5, 5.41) is 3.61. The average molecular weight is 287 g/mol. The number of anilines is 1. The zero-order chi connectivity index (χ0) is 14.5. The number of hydrogen-bond donors (Lipinski definition) is 1. The highest BCUT2D eigenvalue weighted by molar-refractivity contribution is 5.46. The van der Waals surface area contributed by atoms with Crippen LogP contribution in [0.3, 0.4) is 0 Å². The van der Waals surface area contributed by atoms with Gasteiger partial charge >= 0.3 is 0 Å². The molecule has 3 rings (SSSR count). The highest BCUT2D eigenvalue weighted by Crippen LogP contribution is 2.31. The molecule has 0 aromatic carbocycles. The standard InChI is InChI=1S/C18H29N3/c1-14-6-5-7-15(12-14)10-11-19-18-16-8-3-2-4-9-17(16)20-13-21-18/h13-15H,2-12H2,1H3,(H,19,20,21). The smallest absolute Gasteiger partial charge is 0.132 e. The minimum Gasteiger partial charge on any atom is -0.370 e. The molecule has 1 aromatic heterocycles. The fraction of sp³-hybridized carbons (Fsp3) is 0.778. The molecule has 2 aliphatic carbocycles. The van der Waals surface area contributed by atoms with Crippen LogP contribution in [0.4, 0.5) is 5.82 Å². The number of aromatic nitrogens is 2. The third-order valence-electron chi connectivity index (χ3n) is 5.26. The van der Waals surface area contributed by atoms with Crippen molar-refractivity contribution in [3.8, 4) is 0 Å². The lowest BCUT2D eigenvalue weighted by atomic mass is 9.81. The van der Waals surface area contributed by atoms with Gasteiger partial charge in [0.2, 0.25) is 0 Å². The highest BCUT2D eigenvalue weighted by Gasteiger charge is 2.19. The van der Waals surface area contributed by atoms with Crippen molar-refractivity contribution in [3.63, 3.8) is 0 Å². The first-order chi connectivity index (χ1) is 10.3. The largest absolute Gasteiger partial charge is 0.370 e. The lowest BCUT2D eigenvalue weighted by molar-refractivity contribution is 0.274. The maximum Gasteiger partial charge on any atom is 0.132 e. The van der Waals surface area contributed by atoms with Crippen LogP contribution in [-0.4, -0.2) is 16.5 Å². The van der Waals surface area contributed by atoms with Crippen molar-refractivity contribution < 1.29 is 0 Å². The van der Waals surface area contributed by atoms with Crippen LogP contribution in [0.1, 0.15) is 69.5 Å². The van der Waals surface area contributed by atoms with E-state index in [2.05, 4.69) is 22.2 Å². The Morgan fingerprint density at radius 1 is 1.10 bits per heavy atom. The number of fused-ring (bicyclic) bond motifs is 1. The van der Waals surface area contributed by atoms with E-state index < -0.39 is 0 Å². The zero-order valence-corrected chi connectivity index (χ0v) is 13.4. The first kappa shape index (κ1) is 14.8. The van der Waals surface area contributed by atoms with Crippen molar-refractivity contribution in [2.45, 2.75) is 71.1 Å². The predicted octanol–water partition coefficient (Wildman–Crippen LogP) is 4.37. The summed E-state index contributed by atoms with van der Waals surface area (Å²) in [5.74, 6) is 2.96. The van der Waals surface area contributed by atoms with Crippen molar-refractivity contribution in [2.24, 2.45) is 11.8 Å². The van der Waals surface area contributed by atoms with Crippen molar-refractivity contribution >= 4 is 5.82 Å². The van der Waals surface area contributed by atoms with Gasteiger partial charge in [0, 0.05) is 17.8 Å². The van der Waals surface area contributed by atoms with Gasteiger partial charge in [-0.15, -0.1) is 0 Å². The van der Waals surface area contributed by atoms with Gasteiger partial charge in [0.25, 0.3) is 0 Å². The molecule has 0 aliphatic heterocycles. The Morgan fingerprint density at radius 3 is 2.90 bits per heavy atom. The molecule has 2 atom stereocenters. The second-order valence-corrected chi connectivity index (χ2v) is 7.06.